The van der Waals surface area contributed by atoms with Crippen LogP contribution in [-0.4, -0.2) is 74.5 Å². The van der Waals surface area contributed by atoms with E-state index in [2.05, 4.69) is 4.90 Å². The highest BCUT2D eigenvalue weighted by Crippen LogP contribution is 2.16. The molecule has 1 aliphatic rings. The van der Waals surface area contributed by atoms with Crippen molar-refractivity contribution in [2.45, 2.75) is 20.0 Å². The van der Waals surface area contributed by atoms with Crippen LogP contribution in [0.1, 0.15) is 28.4 Å². The number of methoxy groups -OCH3 is 1. The van der Waals surface area contributed by atoms with Crippen LogP contribution < -0.4 is 4.74 Å². The maximum Gasteiger partial charge on any atom is 0.253 e. The number of hydrogen-bond donors (Lipinski definition) is 0. The van der Waals surface area contributed by atoms with Crippen LogP contribution in [0.5, 0.6) is 5.75 Å². The second-order valence-corrected chi connectivity index (χ2v) is 10.0. The Morgan fingerprint density at radius 1 is 0.968 bits per heavy atom. The molecule has 0 unspecified atom stereocenters. The molecule has 0 atom stereocenters. The van der Waals surface area contributed by atoms with Crippen molar-refractivity contribution in [1.29, 1.82) is 0 Å². The number of hydrogen-bond acceptors (Lipinski definition) is 5. The van der Waals surface area contributed by atoms with E-state index >= 15 is 0 Å². The molecule has 1 saturated heterocycles. The summed E-state index contributed by atoms with van der Waals surface area (Å²) < 4.78 is 30.7. The number of carbonyl (C=O) groups excluding carboxylic acids is 1. The molecule has 1 heterocycles. The van der Waals surface area contributed by atoms with Crippen molar-refractivity contribution in [2.75, 3.05) is 46.1 Å². The molecule has 8 heteroatoms. The van der Waals surface area contributed by atoms with E-state index in [1.54, 1.807) is 30.3 Å². The van der Waals surface area contributed by atoms with E-state index in [9.17, 15) is 13.2 Å². The smallest absolute Gasteiger partial charge is 0.253 e. The molecule has 1 aliphatic heterocycles. The second-order valence-electron chi connectivity index (χ2n) is 7.78. The first kappa shape index (κ1) is 23.2. The van der Waals surface area contributed by atoms with Crippen molar-refractivity contribution in [3.63, 3.8) is 0 Å². The summed E-state index contributed by atoms with van der Waals surface area (Å²) in [6.07, 6.45) is 0. The SMILES string of the molecule is CCS(=O)(=O)N1CCN(Cc2ccc(C(=O)N(C)Cc3ccc(OC)cc3)cc2)CC1. The van der Waals surface area contributed by atoms with Crippen LogP contribution in [0, 0.1) is 0 Å². The van der Waals surface area contributed by atoms with Gasteiger partial charge >= 0.3 is 0 Å². The molecule has 168 valence electrons. The molecule has 7 nitrogen and oxygen atoms in total. The summed E-state index contributed by atoms with van der Waals surface area (Å²) >= 11 is 0. The van der Waals surface area contributed by atoms with E-state index in [0.717, 1.165) is 23.4 Å². The number of nitrogens with zero attached hydrogens (tertiary/aromatic N) is 3. The van der Waals surface area contributed by atoms with Crippen molar-refractivity contribution in [1.82, 2.24) is 14.1 Å². The van der Waals surface area contributed by atoms with E-state index in [4.69, 9.17) is 4.74 Å². The van der Waals surface area contributed by atoms with Gasteiger partial charge in [0.05, 0.1) is 12.9 Å². The Hall–Kier alpha value is -2.42. The number of benzene rings is 2. The zero-order chi connectivity index (χ0) is 22.4. The van der Waals surface area contributed by atoms with Crippen LogP contribution in [0.25, 0.3) is 0 Å². The number of piperazine rings is 1. The van der Waals surface area contributed by atoms with E-state index in [-0.39, 0.29) is 11.7 Å². The summed E-state index contributed by atoms with van der Waals surface area (Å²) in [5.74, 6) is 0.914. The van der Waals surface area contributed by atoms with Crippen molar-refractivity contribution < 1.29 is 17.9 Å². The lowest BCUT2D eigenvalue weighted by molar-refractivity contribution is 0.0785. The number of sulfonamides is 1. The lowest BCUT2D eigenvalue weighted by atomic mass is 10.1. The minimum Gasteiger partial charge on any atom is -0.497 e. The van der Waals surface area contributed by atoms with Gasteiger partial charge in [-0.25, -0.2) is 8.42 Å². The van der Waals surface area contributed by atoms with Crippen molar-refractivity contribution >= 4 is 15.9 Å². The van der Waals surface area contributed by atoms with Gasteiger partial charge in [-0.05, 0) is 42.3 Å². The van der Waals surface area contributed by atoms with Crippen LogP contribution >= 0.6 is 0 Å². The molecule has 0 bridgehead atoms. The topological polar surface area (TPSA) is 70.2 Å². The number of carbonyl (C=O) groups is 1. The predicted molar refractivity (Wildman–Crippen MR) is 122 cm³/mol. The van der Waals surface area contributed by atoms with Gasteiger partial charge in [0, 0.05) is 51.9 Å². The van der Waals surface area contributed by atoms with Crippen LogP contribution in [0.2, 0.25) is 0 Å². The Morgan fingerprint density at radius 3 is 2.10 bits per heavy atom. The molecule has 2 aromatic carbocycles. The lowest BCUT2D eigenvalue weighted by Gasteiger charge is -2.33. The summed E-state index contributed by atoms with van der Waals surface area (Å²) in [4.78, 5) is 16.7. The minimum absolute atomic E-state index is 0.0271. The Balaban J connectivity index is 1.53. The predicted octanol–water partition coefficient (Wildman–Crippen LogP) is 2.43. The number of rotatable bonds is 8. The second kappa shape index (κ2) is 10.3. The van der Waals surface area contributed by atoms with Gasteiger partial charge in [0.2, 0.25) is 10.0 Å². The van der Waals surface area contributed by atoms with Crippen LogP contribution in [0.4, 0.5) is 0 Å². The monoisotopic (exact) mass is 445 g/mol. The molecular formula is C23H31N3O4S. The molecule has 0 radical (unpaired) electrons. The van der Waals surface area contributed by atoms with Crippen LogP contribution in [-0.2, 0) is 23.1 Å². The van der Waals surface area contributed by atoms with Crippen LogP contribution in [0.3, 0.4) is 0 Å². The maximum atomic E-state index is 12.8. The van der Waals surface area contributed by atoms with Gasteiger partial charge in [0.25, 0.3) is 5.91 Å². The van der Waals surface area contributed by atoms with Gasteiger partial charge in [0.15, 0.2) is 0 Å². The lowest BCUT2D eigenvalue weighted by Crippen LogP contribution is -2.48. The zero-order valence-electron chi connectivity index (χ0n) is 18.5. The number of ether oxygens (including phenoxy) is 1. The summed E-state index contributed by atoms with van der Waals surface area (Å²) in [6, 6.07) is 15.4. The van der Waals surface area contributed by atoms with Crippen molar-refractivity contribution in [3.05, 3.63) is 65.2 Å². The highest BCUT2D eigenvalue weighted by atomic mass is 32.2. The quantitative estimate of drug-likeness (QED) is 0.624. The maximum absolute atomic E-state index is 12.8. The van der Waals surface area contributed by atoms with Crippen molar-refractivity contribution in [3.8, 4) is 5.75 Å². The normalized spacial score (nSPS) is 15.6. The first-order chi connectivity index (χ1) is 14.8. The number of amides is 1. The summed E-state index contributed by atoms with van der Waals surface area (Å²) in [5, 5.41) is 0. The standard InChI is InChI=1S/C23H31N3O4S/c1-4-31(28,29)26-15-13-25(14-16-26)18-20-5-9-21(10-6-20)23(27)24(2)17-19-7-11-22(30-3)12-8-19/h5-12H,4,13-18H2,1-3H3. The molecule has 0 N–H and O–H groups in total. The van der Waals surface area contributed by atoms with Crippen LogP contribution in [0.15, 0.2) is 48.5 Å². The molecule has 0 aromatic heterocycles. The zero-order valence-corrected chi connectivity index (χ0v) is 19.3. The third-order valence-electron chi connectivity index (χ3n) is 5.62. The fraction of sp³-hybridized carbons (Fsp3) is 0.435. The molecule has 0 saturated carbocycles. The molecule has 0 spiro atoms. The summed E-state index contributed by atoms with van der Waals surface area (Å²) in [5.41, 5.74) is 2.80. The fourth-order valence-electron chi connectivity index (χ4n) is 3.66. The molecule has 1 amide bonds. The largest absolute Gasteiger partial charge is 0.497 e. The average Bonchev–Trinajstić information content (AvgIpc) is 2.80. The van der Waals surface area contributed by atoms with E-state index in [1.807, 2.05) is 48.5 Å². The van der Waals surface area contributed by atoms with Crippen molar-refractivity contribution in [2.24, 2.45) is 0 Å². The van der Waals surface area contributed by atoms with Gasteiger partial charge in [-0.1, -0.05) is 24.3 Å². The molecule has 0 aliphatic carbocycles. The third-order valence-corrected chi connectivity index (χ3v) is 7.50. The molecular weight excluding hydrogens is 414 g/mol. The Bertz CT molecular complexity index is 967. The van der Waals surface area contributed by atoms with E-state index in [0.29, 0.717) is 38.3 Å². The summed E-state index contributed by atoms with van der Waals surface area (Å²) in [7, 11) is 0.317. The Morgan fingerprint density at radius 2 is 1.55 bits per heavy atom. The summed E-state index contributed by atoms with van der Waals surface area (Å²) in [6.45, 7) is 5.44. The first-order valence-electron chi connectivity index (χ1n) is 10.5. The molecule has 1 fully saturated rings. The van der Waals surface area contributed by atoms with Gasteiger partial charge < -0.3 is 9.64 Å². The molecule has 2 aromatic rings. The first-order valence-corrected chi connectivity index (χ1v) is 12.1. The molecule has 3 rings (SSSR count). The highest BCUT2D eigenvalue weighted by Gasteiger charge is 2.25. The third kappa shape index (κ3) is 6.06. The van der Waals surface area contributed by atoms with E-state index < -0.39 is 10.0 Å². The minimum atomic E-state index is -3.11. The highest BCUT2D eigenvalue weighted by molar-refractivity contribution is 7.89. The van der Waals surface area contributed by atoms with E-state index in [1.165, 1.54) is 0 Å². The average molecular weight is 446 g/mol. The van der Waals surface area contributed by atoms with Gasteiger partial charge in [0.1, 0.15) is 5.75 Å². The van der Waals surface area contributed by atoms with Gasteiger partial charge in [-0.15, -0.1) is 0 Å². The molecule has 31 heavy (non-hydrogen) atoms. The Labute approximate surface area is 185 Å². The fourth-order valence-corrected chi connectivity index (χ4v) is 4.74. The van der Waals surface area contributed by atoms with Gasteiger partial charge in [-0.3, -0.25) is 9.69 Å². The Kier molecular flexibility index (Phi) is 7.69. The van der Waals surface area contributed by atoms with Gasteiger partial charge in [-0.2, -0.15) is 4.31 Å².